The molecule has 0 atom stereocenters. The molecule has 22 heavy (non-hydrogen) atoms. The number of hydrogen-bond acceptors (Lipinski definition) is 3. The maximum absolute atomic E-state index is 12.6. The Morgan fingerprint density at radius 1 is 1.14 bits per heavy atom. The summed E-state index contributed by atoms with van der Waals surface area (Å²) in [6, 6.07) is 10.0. The molecule has 116 valence electrons. The van der Waals surface area contributed by atoms with Crippen LogP contribution >= 0.6 is 0 Å². The van der Waals surface area contributed by atoms with Crippen LogP contribution in [0.1, 0.15) is 22.5 Å². The molecule has 0 aliphatic carbocycles. The zero-order chi connectivity index (χ0) is 15.5. The van der Waals surface area contributed by atoms with Gasteiger partial charge in [-0.15, -0.1) is 0 Å². The molecule has 2 heterocycles. The van der Waals surface area contributed by atoms with Gasteiger partial charge >= 0.3 is 0 Å². The number of carbonyl (C=O) groups excluding carboxylic acids is 1. The van der Waals surface area contributed by atoms with Crippen LogP contribution in [0.15, 0.2) is 30.3 Å². The number of aromatic nitrogens is 2. The summed E-state index contributed by atoms with van der Waals surface area (Å²) < 4.78 is 0. The van der Waals surface area contributed by atoms with Gasteiger partial charge in [0.25, 0.3) is 5.91 Å². The maximum atomic E-state index is 12.6. The largest absolute Gasteiger partial charge is 0.336 e. The fraction of sp³-hybridized carbons (Fsp3) is 0.412. The van der Waals surface area contributed by atoms with Gasteiger partial charge in [-0.25, -0.2) is 0 Å². The molecular formula is C17H22N4O. The van der Waals surface area contributed by atoms with Crippen molar-refractivity contribution in [3.63, 3.8) is 0 Å². The number of rotatable bonds is 2. The summed E-state index contributed by atoms with van der Waals surface area (Å²) in [5, 5.41) is 7.18. The van der Waals surface area contributed by atoms with E-state index in [-0.39, 0.29) is 5.91 Å². The summed E-state index contributed by atoms with van der Waals surface area (Å²) in [7, 11) is 2.10. The highest BCUT2D eigenvalue weighted by Crippen LogP contribution is 2.19. The highest BCUT2D eigenvalue weighted by molar-refractivity contribution is 5.93. The lowest BCUT2D eigenvalue weighted by Gasteiger charge is -2.19. The molecule has 0 spiro atoms. The van der Waals surface area contributed by atoms with Crippen molar-refractivity contribution in [1.29, 1.82) is 0 Å². The van der Waals surface area contributed by atoms with E-state index in [1.807, 2.05) is 23.1 Å². The standard InChI is InChI=1S/C17H22N4O/c1-13-4-6-14(7-5-13)15-12-16(19-18-15)17(22)21-9-3-8-20(2)10-11-21/h4-7,12H,3,8-11H2,1-2H3,(H,18,19). The maximum Gasteiger partial charge on any atom is 0.271 e. The van der Waals surface area contributed by atoms with E-state index in [9.17, 15) is 4.79 Å². The van der Waals surface area contributed by atoms with Crippen LogP contribution in [0, 0.1) is 6.92 Å². The molecule has 1 N–H and O–H groups in total. The van der Waals surface area contributed by atoms with E-state index >= 15 is 0 Å². The van der Waals surface area contributed by atoms with Crippen molar-refractivity contribution in [1.82, 2.24) is 20.0 Å². The molecule has 3 rings (SSSR count). The minimum Gasteiger partial charge on any atom is -0.336 e. The number of aryl methyl sites for hydroxylation is 1. The first-order chi connectivity index (χ1) is 10.6. The Kier molecular flexibility index (Phi) is 4.24. The summed E-state index contributed by atoms with van der Waals surface area (Å²) in [5.41, 5.74) is 3.62. The number of H-pyrrole nitrogens is 1. The zero-order valence-electron chi connectivity index (χ0n) is 13.2. The lowest BCUT2D eigenvalue weighted by Crippen LogP contribution is -2.34. The first-order valence-electron chi connectivity index (χ1n) is 7.74. The second-order valence-corrected chi connectivity index (χ2v) is 5.98. The van der Waals surface area contributed by atoms with Crippen molar-refractivity contribution >= 4 is 5.91 Å². The highest BCUT2D eigenvalue weighted by atomic mass is 16.2. The average molecular weight is 298 g/mol. The van der Waals surface area contributed by atoms with Gasteiger partial charge in [0.15, 0.2) is 0 Å². The fourth-order valence-corrected chi connectivity index (χ4v) is 2.72. The summed E-state index contributed by atoms with van der Waals surface area (Å²) in [4.78, 5) is 16.8. The van der Waals surface area contributed by atoms with Crippen molar-refractivity contribution in [2.75, 3.05) is 33.2 Å². The van der Waals surface area contributed by atoms with E-state index in [2.05, 4.69) is 41.2 Å². The number of amides is 1. The Hall–Kier alpha value is -2.14. The van der Waals surface area contributed by atoms with Crippen LogP contribution in [-0.2, 0) is 0 Å². The first-order valence-corrected chi connectivity index (χ1v) is 7.74. The third-order valence-corrected chi connectivity index (χ3v) is 4.16. The van der Waals surface area contributed by atoms with Gasteiger partial charge in [-0.1, -0.05) is 29.8 Å². The van der Waals surface area contributed by atoms with Gasteiger partial charge in [0.2, 0.25) is 0 Å². The molecule has 5 nitrogen and oxygen atoms in total. The van der Waals surface area contributed by atoms with E-state index in [1.165, 1.54) is 5.56 Å². The molecule has 0 radical (unpaired) electrons. The molecule has 1 aliphatic rings. The predicted octanol–water partition coefficient (Wildman–Crippen LogP) is 2.16. The molecule has 5 heteroatoms. The normalized spacial score (nSPS) is 16.5. The van der Waals surface area contributed by atoms with Crippen LogP contribution in [0.25, 0.3) is 11.3 Å². The Bertz CT molecular complexity index is 647. The SMILES string of the molecule is Cc1ccc(-c2cc(C(=O)N3CCCN(C)CC3)[nH]n2)cc1. The molecular weight excluding hydrogens is 276 g/mol. The Morgan fingerprint density at radius 3 is 2.68 bits per heavy atom. The topological polar surface area (TPSA) is 52.2 Å². The number of aromatic amines is 1. The van der Waals surface area contributed by atoms with E-state index in [1.54, 1.807) is 0 Å². The number of hydrogen-bond donors (Lipinski definition) is 1. The summed E-state index contributed by atoms with van der Waals surface area (Å²) in [5.74, 6) is 0.0427. The van der Waals surface area contributed by atoms with Crippen molar-refractivity contribution in [3.8, 4) is 11.3 Å². The van der Waals surface area contributed by atoms with Crippen LogP contribution in [-0.4, -0.2) is 59.1 Å². The Balaban J connectivity index is 1.75. The van der Waals surface area contributed by atoms with Gasteiger partial charge in [-0.05, 0) is 33.0 Å². The van der Waals surface area contributed by atoms with Crippen LogP contribution < -0.4 is 0 Å². The lowest BCUT2D eigenvalue weighted by atomic mass is 10.1. The average Bonchev–Trinajstić information content (AvgIpc) is 2.90. The molecule has 2 aromatic rings. The van der Waals surface area contributed by atoms with Crippen molar-refractivity contribution in [3.05, 3.63) is 41.6 Å². The monoisotopic (exact) mass is 298 g/mol. The van der Waals surface area contributed by atoms with E-state index in [0.29, 0.717) is 5.69 Å². The molecule has 0 unspecified atom stereocenters. The van der Waals surface area contributed by atoms with Gasteiger partial charge in [-0.3, -0.25) is 9.89 Å². The van der Waals surface area contributed by atoms with Crippen LogP contribution in [0.2, 0.25) is 0 Å². The van der Waals surface area contributed by atoms with Gasteiger partial charge in [-0.2, -0.15) is 5.10 Å². The Morgan fingerprint density at radius 2 is 1.91 bits per heavy atom. The second-order valence-electron chi connectivity index (χ2n) is 5.98. The summed E-state index contributed by atoms with van der Waals surface area (Å²) in [6.07, 6.45) is 1.02. The lowest BCUT2D eigenvalue weighted by molar-refractivity contribution is 0.0757. The Labute approximate surface area is 130 Å². The minimum absolute atomic E-state index is 0.0427. The molecule has 1 saturated heterocycles. The molecule has 1 aromatic heterocycles. The quantitative estimate of drug-likeness (QED) is 0.924. The highest BCUT2D eigenvalue weighted by Gasteiger charge is 2.20. The first kappa shape index (κ1) is 14.8. The molecule has 0 bridgehead atoms. The zero-order valence-corrected chi connectivity index (χ0v) is 13.2. The number of nitrogens with zero attached hydrogens (tertiary/aromatic N) is 3. The minimum atomic E-state index is 0.0427. The second kappa shape index (κ2) is 6.32. The van der Waals surface area contributed by atoms with E-state index < -0.39 is 0 Å². The van der Waals surface area contributed by atoms with Gasteiger partial charge in [0.05, 0.1) is 5.69 Å². The number of likely N-dealkylation sites (N-methyl/N-ethyl adjacent to an activating group) is 1. The van der Waals surface area contributed by atoms with Crippen molar-refractivity contribution in [2.45, 2.75) is 13.3 Å². The summed E-state index contributed by atoms with van der Waals surface area (Å²) in [6.45, 7) is 5.60. The fourth-order valence-electron chi connectivity index (χ4n) is 2.72. The van der Waals surface area contributed by atoms with Crippen molar-refractivity contribution < 1.29 is 4.79 Å². The molecule has 1 fully saturated rings. The van der Waals surface area contributed by atoms with Gasteiger partial charge in [0, 0.05) is 25.2 Å². The van der Waals surface area contributed by atoms with Crippen LogP contribution in [0.4, 0.5) is 0 Å². The van der Waals surface area contributed by atoms with E-state index in [4.69, 9.17) is 0 Å². The third-order valence-electron chi connectivity index (χ3n) is 4.16. The number of carbonyl (C=O) groups is 1. The van der Waals surface area contributed by atoms with Gasteiger partial charge in [0.1, 0.15) is 5.69 Å². The predicted molar refractivity (Wildman–Crippen MR) is 86.8 cm³/mol. The molecule has 1 amide bonds. The van der Waals surface area contributed by atoms with Crippen LogP contribution in [0.3, 0.4) is 0 Å². The number of nitrogens with one attached hydrogen (secondary N) is 1. The molecule has 1 aromatic carbocycles. The number of benzene rings is 1. The van der Waals surface area contributed by atoms with Crippen LogP contribution in [0.5, 0.6) is 0 Å². The smallest absolute Gasteiger partial charge is 0.271 e. The van der Waals surface area contributed by atoms with E-state index in [0.717, 1.165) is 43.9 Å². The third kappa shape index (κ3) is 3.20. The van der Waals surface area contributed by atoms with Gasteiger partial charge < -0.3 is 9.80 Å². The molecule has 0 saturated carbocycles. The molecule has 1 aliphatic heterocycles. The summed E-state index contributed by atoms with van der Waals surface area (Å²) >= 11 is 0. The van der Waals surface area contributed by atoms with Crippen molar-refractivity contribution in [2.24, 2.45) is 0 Å².